The molecule has 4 nitrogen and oxygen atoms in total. The molecule has 0 aliphatic rings. The van der Waals surface area contributed by atoms with Crippen LogP contribution in [0.3, 0.4) is 0 Å². The summed E-state index contributed by atoms with van der Waals surface area (Å²) >= 11 is 13.0. The van der Waals surface area contributed by atoms with Crippen LogP contribution in [0.4, 0.5) is 0 Å². The van der Waals surface area contributed by atoms with Crippen LogP contribution in [-0.2, 0) is 6.61 Å². The Morgan fingerprint density at radius 3 is 2.13 bits per heavy atom. The number of benzene rings is 3. The smallest absolute Gasteiger partial charge is 0.335 e. The third kappa shape index (κ3) is 5.51. The molecule has 0 atom stereocenters. The highest BCUT2D eigenvalue weighted by Crippen LogP contribution is 2.36. The van der Waals surface area contributed by atoms with E-state index in [0.29, 0.717) is 28.5 Å². The van der Waals surface area contributed by atoms with Crippen LogP contribution < -0.4 is 4.74 Å². The van der Waals surface area contributed by atoms with Crippen molar-refractivity contribution in [3.05, 3.63) is 96.9 Å². The molecule has 3 aromatic rings. The summed E-state index contributed by atoms with van der Waals surface area (Å²) in [6.45, 7) is 0.378. The number of rotatable bonds is 6. The predicted molar refractivity (Wildman–Crippen MR) is 125 cm³/mol. The van der Waals surface area contributed by atoms with Gasteiger partial charge in [0.15, 0.2) is 0 Å². The highest BCUT2D eigenvalue weighted by Gasteiger charge is 2.11. The maximum atomic E-state index is 11.0. The summed E-state index contributed by atoms with van der Waals surface area (Å²) in [5.41, 5.74) is 2.99. The molecular weight excluding hydrogens is 534 g/mol. The number of nitrogens with zero attached hydrogens (tertiary/aromatic N) is 1. The van der Waals surface area contributed by atoms with Gasteiger partial charge in [0.1, 0.15) is 12.4 Å². The minimum atomic E-state index is -1.01. The van der Waals surface area contributed by atoms with E-state index in [2.05, 4.69) is 37.9 Å². The first-order chi connectivity index (χ1) is 14.4. The first kappa shape index (κ1) is 22.1. The SMILES string of the molecule is N#C/C(=C/c1cc(Br)c(OCc2ccc(Cl)cc2)c(Br)c1)c1ccc(C(=O)O)cc1. The zero-order valence-electron chi connectivity index (χ0n) is 15.4. The fraction of sp³-hybridized carbons (Fsp3) is 0.0435. The molecule has 0 heterocycles. The summed E-state index contributed by atoms with van der Waals surface area (Å²) in [5, 5.41) is 19.2. The van der Waals surface area contributed by atoms with Crippen molar-refractivity contribution in [3.63, 3.8) is 0 Å². The Balaban J connectivity index is 1.83. The molecule has 0 amide bonds. The van der Waals surface area contributed by atoms with Gasteiger partial charge in [0.2, 0.25) is 0 Å². The van der Waals surface area contributed by atoms with E-state index in [1.807, 2.05) is 36.4 Å². The molecule has 1 N–H and O–H groups in total. The van der Waals surface area contributed by atoms with Gasteiger partial charge in [-0.15, -0.1) is 0 Å². The molecule has 3 aromatic carbocycles. The largest absolute Gasteiger partial charge is 0.487 e. The van der Waals surface area contributed by atoms with Gasteiger partial charge in [0, 0.05) is 5.02 Å². The highest BCUT2D eigenvalue weighted by molar-refractivity contribution is 9.11. The summed E-state index contributed by atoms with van der Waals surface area (Å²) in [6, 6.07) is 19.5. The Hall–Kier alpha value is -2.59. The standard InChI is InChI=1S/C23H14Br2ClNO3/c24-20-10-15(9-18(12-27)16-3-5-17(6-4-16)23(28)29)11-21(25)22(20)30-13-14-1-7-19(26)8-2-14/h1-11H,13H2,(H,28,29)/b18-9-. The van der Waals surface area contributed by atoms with E-state index in [9.17, 15) is 10.1 Å². The number of halogens is 3. The van der Waals surface area contributed by atoms with Crippen LogP contribution >= 0.6 is 43.5 Å². The molecule has 0 saturated carbocycles. The van der Waals surface area contributed by atoms with Crippen molar-refractivity contribution in [3.8, 4) is 11.8 Å². The van der Waals surface area contributed by atoms with Gasteiger partial charge in [0.05, 0.1) is 26.2 Å². The third-order valence-electron chi connectivity index (χ3n) is 4.19. The number of carbonyl (C=O) groups is 1. The van der Waals surface area contributed by atoms with E-state index in [0.717, 1.165) is 20.1 Å². The quantitative estimate of drug-likeness (QED) is 0.262. The number of allylic oxidation sites excluding steroid dienone is 1. The maximum Gasteiger partial charge on any atom is 0.335 e. The van der Waals surface area contributed by atoms with Gasteiger partial charge in [0.25, 0.3) is 0 Å². The minimum absolute atomic E-state index is 0.170. The topological polar surface area (TPSA) is 70.3 Å². The number of aromatic carboxylic acids is 1. The second kappa shape index (κ2) is 9.94. The second-order valence-corrected chi connectivity index (χ2v) is 8.43. The van der Waals surface area contributed by atoms with Gasteiger partial charge in [-0.25, -0.2) is 4.79 Å². The van der Waals surface area contributed by atoms with E-state index in [1.165, 1.54) is 12.1 Å². The summed E-state index contributed by atoms with van der Waals surface area (Å²) in [6.07, 6.45) is 1.73. The van der Waals surface area contributed by atoms with Gasteiger partial charge in [-0.3, -0.25) is 0 Å². The normalized spacial score (nSPS) is 11.1. The third-order valence-corrected chi connectivity index (χ3v) is 5.62. The van der Waals surface area contributed by atoms with Crippen LogP contribution in [0, 0.1) is 11.3 Å². The van der Waals surface area contributed by atoms with Crippen molar-refractivity contribution in [2.45, 2.75) is 6.61 Å². The van der Waals surface area contributed by atoms with E-state index >= 15 is 0 Å². The molecule has 7 heteroatoms. The summed E-state index contributed by atoms with van der Waals surface area (Å²) in [5.74, 6) is -0.363. The lowest BCUT2D eigenvalue weighted by atomic mass is 10.0. The number of carboxylic acid groups (broad SMARTS) is 1. The van der Waals surface area contributed by atoms with Crippen LogP contribution in [-0.4, -0.2) is 11.1 Å². The van der Waals surface area contributed by atoms with E-state index in [4.69, 9.17) is 21.4 Å². The van der Waals surface area contributed by atoms with Gasteiger partial charge < -0.3 is 9.84 Å². The van der Waals surface area contributed by atoms with Gasteiger partial charge in [-0.1, -0.05) is 35.9 Å². The Labute approximate surface area is 195 Å². The average molecular weight is 548 g/mol. The van der Waals surface area contributed by atoms with Crippen molar-refractivity contribution in [2.24, 2.45) is 0 Å². The van der Waals surface area contributed by atoms with Crippen LogP contribution in [0.1, 0.15) is 27.0 Å². The Morgan fingerprint density at radius 1 is 1.03 bits per heavy atom. The molecule has 150 valence electrons. The van der Waals surface area contributed by atoms with Crippen LogP contribution in [0.2, 0.25) is 5.02 Å². The highest BCUT2D eigenvalue weighted by atomic mass is 79.9. The molecule has 0 aromatic heterocycles. The number of ether oxygens (including phenoxy) is 1. The minimum Gasteiger partial charge on any atom is -0.487 e. The summed E-state index contributed by atoms with van der Waals surface area (Å²) < 4.78 is 7.39. The molecule has 30 heavy (non-hydrogen) atoms. The molecule has 0 aliphatic carbocycles. The van der Waals surface area contributed by atoms with E-state index in [1.54, 1.807) is 18.2 Å². The number of nitriles is 1. The van der Waals surface area contributed by atoms with Crippen LogP contribution in [0.25, 0.3) is 11.6 Å². The Kier molecular flexibility index (Phi) is 7.33. The van der Waals surface area contributed by atoms with Gasteiger partial charge in [-0.05, 0) is 91.0 Å². The fourth-order valence-corrected chi connectivity index (χ4v) is 4.25. The fourth-order valence-electron chi connectivity index (χ4n) is 2.68. The predicted octanol–water partition coefficient (Wildman–Crippen LogP) is 7.21. The number of hydrogen-bond acceptors (Lipinski definition) is 3. The Morgan fingerprint density at radius 2 is 1.60 bits per heavy atom. The molecule has 3 rings (SSSR count). The molecule has 0 saturated heterocycles. The second-order valence-electron chi connectivity index (χ2n) is 6.28. The summed E-state index contributed by atoms with van der Waals surface area (Å²) in [7, 11) is 0. The lowest BCUT2D eigenvalue weighted by Crippen LogP contribution is -1.97. The Bertz CT molecular complexity index is 1130. The van der Waals surface area contributed by atoms with Crippen molar-refractivity contribution >= 4 is 61.1 Å². The summed E-state index contributed by atoms with van der Waals surface area (Å²) in [4.78, 5) is 11.0. The lowest BCUT2D eigenvalue weighted by Gasteiger charge is -2.12. The van der Waals surface area contributed by atoms with Gasteiger partial charge >= 0.3 is 5.97 Å². The molecule has 0 aliphatic heterocycles. The molecular formula is C23H14Br2ClNO3. The van der Waals surface area contributed by atoms with Crippen LogP contribution in [0.15, 0.2) is 69.6 Å². The van der Waals surface area contributed by atoms with Gasteiger partial charge in [-0.2, -0.15) is 5.26 Å². The maximum absolute atomic E-state index is 11.0. The van der Waals surface area contributed by atoms with Crippen molar-refractivity contribution < 1.29 is 14.6 Å². The monoisotopic (exact) mass is 545 g/mol. The van der Waals surface area contributed by atoms with Crippen molar-refractivity contribution in [1.29, 1.82) is 5.26 Å². The number of hydrogen-bond donors (Lipinski definition) is 1. The zero-order valence-corrected chi connectivity index (χ0v) is 19.3. The average Bonchev–Trinajstić information content (AvgIpc) is 2.73. The van der Waals surface area contributed by atoms with E-state index < -0.39 is 5.97 Å². The van der Waals surface area contributed by atoms with Crippen molar-refractivity contribution in [1.82, 2.24) is 0 Å². The first-order valence-corrected chi connectivity index (χ1v) is 10.7. The van der Waals surface area contributed by atoms with Crippen molar-refractivity contribution in [2.75, 3.05) is 0 Å². The molecule has 0 bridgehead atoms. The zero-order chi connectivity index (χ0) is 21.7. The molecule has 0 fully saturated rings. The van der Waals surface area contributed by atoms with E-state index in [-0.39, 0.29) is 5.56 Å². The first-order valence-electron chi connectivity index (χ1n) is 8.69. The van der Waals surface area contributed by atoms with Crippen LogP contribution in [0.5, 0.6) is 5.75 Å². The molecule has 0 radical (unpaired) electrons. The number of carboxylic acids is 1. The molecule has 0 unspecified atom stereocenters. The lowest BCUT2D eigenvalue weighted by molar-refractivity contribution is 0.0697. The molecule has 0 spiro atoms.